The van der Waals surface area contributed by atoms with Crippen LogP contribution in [-0.2, 0) is 39.1 Å². The van der Waals surface area contributed by atoms with Crippen LogP contribution >= 0.6 is 11.3 Å². The maximum Gasteiger partial charge on any atom is 0.325 e. The fourth-order valence-electron chi connectivity index (χ4n) is 3.90. The molecule has 0 saturated heterocycles. The molecule has 33 heavy (non-hydrogen) atoms. The number of aromatic nitrogens is 2. The molecule has 0 bridgehead atoms. The van der Waals surface area contributed by atoms with E-state index >= 15 is 0 Å². The van der Waals surface area contributed by atoms with E-state index in [1.165, 1.54) is 4.31 Å². The van der Waals surface area contributed by atoms with Crippen molar-refractivity contribution in [1.82, 2.24) is 14.1 Å². The van der Waals surface area contributed by atoms with Crippen LogP contribution in [-0.4, -0.2) is 34.5 Å². The molecule has 168 valence electrons. The van der Waals surface area contributed by atoms with Gasteiger partial charge in [-0.3, -0.25) is 4.79 Å². The zero-order valence-electron chi connectivity index (χ0n) is 17.6. The standard InChI is InChI=1S/C24H21N3O4S2/c28-24(31-17-18-8-10-21(11-9-18)26-13-4-12-25-26)22-15-19-5-1-2-6-20(19)16-27(22)33(29,30)23-7-3-14-32-23/h1-14,22H,15-17H2. The average Bonchev–Trinajstić information content (AvgIpc) is 3.57. The number of fused-ring (bicyclic) bond motifs is 1. The van der Waals surface area contributed by atoms with E-state index in [2.05, 4.69) is 5.10 Å². The van der Waals surface area contributed by atoms with Crippen LogP contribution in [0.2, 0.25) is 0 Å². The van der Waals surface area contributed by atoms with Gasteiger partial charge in [0.2, 0.25) is 0 Å². The molecule has 0 amide bonds. The molecule has 7 nitrogen and oxygen atoms in total. The minimum absolute atomic E-state index is 0.0588. The molecule has 5 rings (SSSR count). The molecule has 4 aromatic rings. The number of rotatable bonds is 6. The molecular formula is C24H21N3O4S2. The van der Waals surface area contributed by atoms with Crippen molar-refractivity contribution in [3.05, 3.63) is 101 Å². The van der Waals surface area contributed by atoms with Crippen LogP contribution in [0.3, 0.4) is 0 Å². The van der Waals surface area contributed by atoms with Crippen molar-refractivity contribution in [3.63, 3.8) is 0 Å². The van der Waals surface area contributed by atoms with Crippen LogP contribution in [0.5, 0.6) is 0 Å². The molecule has 0 saturated carbocycles. The molecule has 2 aromatic carbocycles. The van der Waals surface area contributed by atoms with Crippen molar-refractivity contribution >= 4 is 27.3 Å². The number of hydrogen-bond donors (Lipinski definition) is 0. The third-order valence-electron chi connectivity index (χ3n) is 5.62. The highest BCUT2D eigenvalue weighted by Gasteiger charge is 2.40. The minimum atomic E-state index is -3.83. The summed E-state index contributed by atoms with van der Waals surface area (Å²) in [5, 5.41) is 5.91. The van der Waals surface area contributed by atoms with E-state index in [9.17, 15) is 13.2 Å². The van der Waals surface area contributed by atoms with Gasteiger partial charge in [-0.05, 0) is 46.3 Å². The number of sulfonamides is 1. The van der Waals surface area contributed by atoms with Crippen LogP contribution in [0.15, 0.2) is 88.7 Å². The Bertz CT molecular complexity index is 1350. The molecule has 0 N–H and O–H groups in total. The largest absolute Gasteiger partial charge is 0.460 e. The van der Waals surface area contributed by atoms with Gasteiger partial charge in [-0.15, -0.1) is 11.3 Å². The SMILES string of the molecule is O=C(OCc1ccc(-n2cccn2)cc1)C1Cc2ccccc2CN1S(=O)(=O)c1cccs1. The summed E-state index contributed by atoms with van der Waals surface area (Å²) in [5.74, 6) is -0.555. The molecule has 1 aliphatic rings. The first kappa shape index (κ1) is 21.6. The van der Waals surface area contributed by atoms with Crippen LogP contribution in [0.25, 0.3) is 5.69 Å². The van der Waals surface area contributed by atoms with Gasteiger partial charge in [0.15, 0.2) is 0 Å². The van der Waals surface area contributed by atoms with E-state index < -0.39 is 22.0 Å². The molecule has 0 aliphatic carbocycles. The summed E-state index contributed by atoms with van der Waals surface area (Å²) in [7, 11) is -3.83. The molecule has 2 aromatic heterocycles. The summed E-state index contributed by atoms with van der Waals surface area (Å²) >= 11 is 1.14. The van der Waals surface area contributed by atoms with Crippen LogP contribution < -0.4 is 0 Å². The summed E-state index contributed by atoms with van der Waals surface area (Å²) in [5.41, 5.74) is 3.56. The number of thiophene rings is 1. The lowest BCUT2D eigenvalue weighted by atomic mass is 9.96. The fraction of sp³-hybridized carbons (Fsp3) is 0.167. The quantitative estimate of drug-likeness (QED) is 0.393. The Kier molecular flexibility index (Phi) is 5.84. The molecule has 9 heteroatoms. The number of benzene rings is 2. The minimum Gasteiger partial charge on any atom is -0.460 e. The van der Waals surface area contributed by atoms with E-state index in [-0.39, 0.29) is 23.8 Å². The summed E-state index contributed by atoms with van der Waals surface area (Å²) < 4.78 is 35.5. The second-order valence-corrected chi connectivity index (χ2v) is 10.8. The summed E-state index contributed by atoms with van der Waals surface area (Å²) in [6.45, 7) is 0.192. The van der Waals surface area contributed by atoms with Crippen molar-refractivity contribution < 1.29 is 17.9 Å². The maximum atomic E-state index is 13.3. The molecule has 0 radical (unpaired) electrons. The Morgan fingerprint density at radius 3 is 2.52 bits per heavy atom. The first-order valence-corrected chi connectivity index (χ1v) is 12.7. The number of hydrogen-bond acceptors (Lipinski definition) is 6. The van der Waals surface area contributed by atoms with Crippen molar-refractivity contribution in [2.75, 3.05) is 0 Å². The summed E-state index contributed by atoms with van der Waals surface area (Å²) in [6.07, 6.45) is 3.82. The normalized spacial score (nSPS) is 16.3. The predicted molar refractivity (Wildman–Crippen MR) is 124 cm³/mol. The van der Waals surface area contributed by atoms with Crippen LogP contribution in [0.1, 0.15) is 16.7 Å². The number of ether oxygens (including phenoxy) is 1. The number of carbonyl (C=O) groups is 1. The van der Waals surface area contributed by atoms with Gasteiger partial charge in [0.05, 0.1) is 5.69 Å². The second kappa shape index (κ2) is 8.93. The third-order valence-corrected chi connectivity index (χ3v) is 8.85. The first-order valence-electron chi connectivity index (χ1n) is 10.4. The molecule has 1 unspecified atom stereocenters. The first-order chi connectivity index (χ1) is 16.0. The Hall–Kier alpha value is -3.27. The van der Waals surface area contributed by atoms with Crippen molar-refractivity contribution in [2.24, 2.45) is 0 Å². The predicted octanol–water partition coefficient (Wildman–Crippen LogP) is 3.79. The molecular weight excluding hydrogens is 458 g/mol. The second-order valence-electron chi connectivity index (χ2n) is 7.70. The third kappa shape index (κ3) is 4.35. The zero-order chi connectivity index (χ0) is 22.8. The van der Waals surface area contributed by atoms with Gasteiger partial charge in [-0.1, -0.05) is 42.5 Å². The number of nitrogens with zero attached hydrogens (tertiary/aromatic N) is 3. The van der Waals surface area contributed by atoms with E-state index in [4.69, 9.17) is 4.74 Å². The van der Waals surface area contributed by atoms with Gasteiger partial charge >= 0.3 is 5.97 Å². The maximum absolute atomic E-state index is 13.3. The topological polar surface area (TPSA) is 81.5 Å². The molecule has 0 spiro atoms. The lowest BCUT2D eigenvalue weighted by molar-refractivity contribution is -0.150. The number of carbonyl (C=O) groups excluding carboxylic acids is 1. The average molecular weight is 480 g/mol. The van der Waals surface area contributed by atoms with Crippen molar-refractivity contribution in [3.8, 4) is 5.69 Å². The lowest BCUT2D eigenvalue weighted by Gasteiger charge is -2.34. The summed E-state index contributed by atoms with van der Waals surface area (Å²) in [6, 6.07) is 19.3. The lowest BCUT2D eigenvalue weighted by Crippen LogP contribution is -2.49. The highest BCUT2D eigenvalue weighted by Crippen LogP contribution is 2.31. The zero-order valence-corrected chi connectivity index (χ0v) is 19.2. The monoisotopic (exact) mass is 479 g/mol. The molecule has 0 fully saturated rings. The summed E-state index contributed by atoms with van der Waals surface area (Å²) in [4.78, 5) is 13.1. The Balaban J connectivity index is 1.35. The van der Waals surface area contributed by atoms with Gasteiger partial charge in [-0.2, -0.15) is 9.40 Å². The van der Waals surface area contributed by atoms with Crippen molar-refractivity contribution in [2.45, 2.75) is 29.8 Å². The van der Waals surface area contributed by atoms with Crippen LogP contribution in [0, 0.1) is 0 Å². The Morgan fingerprint density at radius 1 is 1.03 bits per heavy atom. The van der Waals surface area contributed by atoms with Crippen LogP contribution in [0.4, 0.5) is 0 Å². The van der Waals surface area contributed by atoms with Gasteiger partial charge < -0.3 is 4.74 Å². The van der Waals surface area contributed by atoms with Gasteiger partial charge in [0.1, 0.15) is 16.9 Å². The van der Waals surface area contributed by atoms with E-state index in [0.717, 1.165) is 33.7 Å². The van der Waals surface area contributed by atoms with Crippen molar-refractivity contribution in [1.29, 1.82) is 0 Å². The number of esters is 1. The van der Waals surface area contributed by atoms with Gasteiger partial charge in [-0.25, -0.2) is 13.1 Å². The fourth-order valence-corrected chi connectivity index (χ4v) is 6.57. The highest BCUT2D eigenvalue weighted by atomic mass is 32.2. The molecule has 1 aliphatic heterocycles. The molecule has 1 atom stereocenters. The Labute approximate surface area is 195 Å². The van der Waals surface area contributed by atoms with E-state index in [0.29, 0.717) is 0 Å². The smallest absolute Gasteiger partial charge is 0.325 e. The van der Waals surface area contributed by atoms with E-state index in [1.807, 2.05) is 60.8 Å². The highest BCUT2D eigenvalue weighted by molar-refractivity contribution is 7.91. The Morgan fingerprint density at radius 2 is 1.82 bits per heavy atom. The van der Waals surface area contributed by atoms with E-state index in [1.54, 1.807) is 28.4 Å². The molecule has 3 heterocycles. The van der Waals surface area contributed by atoms with Gasteiger partial charge in [0, 0.05) is 25.4 Å². The van der Waals surface area contributed by atoms with Gasteiger partial charge in [0.25, 0.3) is 10.0 Å².